The number of nitrogens with zero attached hydrogens (tertiary/aromatic N) is 4. The zero-order valence-corrected chi connectivity index (χ0v) is 12.4. The van der Waals surface area contributed by atoms with Gasteiger partial charge >= 0.3 is 0 Å². The van der Waals surface area contributed by atoms with E-state index in [4.69, 9.17) is 16.3 Å². The quantitative estimate of drug-likeness (QED) is 0.797. The van der Waals surface area contributed by atoms with Gasteiger partial charge in [0, 0.05) is 33.8 Å². The third-order valence-corrected chi connectivity index (χ3v) is 3.50. The fraction of sp³-hybridized carbons (Fsp3) is 0.583. The minimum absolute atomic E-state index is 0.0603. The number of hydrogen-bond donors (Lipinski definition) is 1. The van der Waals surface area contributed by atoms with Crippen LogP contribution in [0.2, 0.25) is 5.15 Å². The van der Waals surface area contributed by atoms with Crippen molar-refractivity contribution in [2.75, 3.05) is 57.2 Å². The second kappa shape index (κ2) is 6.71. The van der Waals surface area contributed by atoms with E-state index in [-0.39, 0.29) is 12.5 Å². The average Bonchev–Trinajstić information content (AvgIpc) is 2.45. The van der Waals surface area contributed by atoms with Crippen molar-refractivity contribution < 1.29 is 9.53 Å². The first kappa shape index (κ1) is 14.8. The fourth-order valence-electron chi connectivity index (χ4n) is 2.14. The Morgan fingerprint density at radius 1 is 1.45 bits per heavy atom. The molecule has 1 aliphatic heterocycles. The molecule has 0 unspecified atom stereocenters. The summed E-state index contributed by atoms with van der Waals surface area (Å²) in [4.78, 5) is 24.0. The Labute approximate surface area is 122 Å². The molecule has 1 aliphatic rings. The predicted molar refractivity (Wildman–Crippen MR) is 77.3 cm³/mol. The largest absolute Gasteiger partial charge is 0.383 e. The second-order valence-electron chi connectivity index (χ2n) is 4.41. The molecule has 0 radical (unpaired) electrons. The third-order valence-electron chi connectivity index (χ3n) is 3.21. The Kier molecular flexibility index (Phi) is 4.97. The minimum atomic E-state index is 0.0603. The van der Waals surface area contributed by atoms with E-state index in [2.05, 4.69) is 15.3 Å². The molecule has 1 saturated heterocycles. The maximum Gasteiger partial charge on any atom is 0.242 e. The zero-order valence-electron chi connectivity index (χ0n) is 11.6. The van der Waals surface area contributed by atoms with E-state index in [1.54, 1.807) is 19.1 Å². The van der Waals surface area contributed by atoms with Gasteiger partial charge in [-0.1, -0.05) is 11.6 Å². The van der Waals surface area contributed by atoms with Crippen LogP contribution in [0.1, 0.15) is 0 Å². The highest BCUT2D eigenvalue weighted by molar-refractivity contribution is 6.32. The molecule has 1 aromatic heterocycles. The van der Waals surface area contributed by atoms with E-state index in [1.807, 2.05) is 4.90 Å². The smallest absolute Gasteiger partial charge is 0.242 e. The van der Waals surface area contributed by atoms with Crippen molar-refractivity contribution in [2.24, 2.45) is 0 Å². The van der Waals surface area contributed by atoms with Crippen molar-refractivity contribution in [2.45, 2.75) is 0 Å². The van der Waals surface area contributed by atoms with Crippen molar-refractivity contribution in [1.29, 1.82) is 0 Å². The lowest BCUT2D eigenvalue weighted by atomic mass is 10.3. The van der Waals surface area contributed by atoms with Crippen LogP contribution in [0.3, 0.4) is 0 Å². The molecule has 0 atom stereocenters. The van der Waals surface area contributed by atoms with Crippen LogP contribution < -0.4 is 10.2 Å². The first-order valence-corrected chi connectivity index (χ1v) is 6.75. The third kappa shape index (κ3) is 3.10. The molecule has 1 amide bonds. The van der Waals surface area contributed by atoms with E-state index >= 15 is 0 Å². The molecule has 8 heteroatoms. The van der Waals surface area contributed by atoms with Crippen molar-refractivity contribution in [3.63, 3.8) is 0 Å². The molecular weight excluding hydrogens is 282 g/mol. The van der Waals surface area contributed by atoms with Gasteiger partial charge in [0.25, 0.3) is 0 Å². The van der Waals surface area contributed by atoms with E-state index in [0.717, 1.165) is 0 Å². The summed E-state index contributed by atoms with van der Waals surface area (Å²) in [6, 6.07) is 0. The summed E-state index contributed by atoms with van der Waals surface area (Å²) in [5.41, 5.74) is 0.646. The molecule has 7 nitrogen and oxygen atoms in total. The molecule has 1 fully saturated rings. The highest BCUT2D eigenvalue weighted by atomic mass is 35.5. The summed E-state index contributed by atoms with van der Waals surface area (Å²) >= 11 is 6.03. The Hall–Kier alpha value is -1.60. The minimum Gasteiger partial charge on any atom is -0.383 e. The molecule has 0 aromatic carbocycles. The summed E-state index contributed by atoms with van der Waals surface area (Å²) in [5, 5.41) is 3.33. The first-order valence-electron chi connectivity index (χ1n) is 6.37. The van der Waals surface area contributed by atoms with Gasteiger partial charge in [0.05, 0.1) is 13.2 Å². The van der Waals surface area contributed by atoms with Gasteiger partial charge in [-0.2, -0.15) is 0 Å². The van der Waals surface area contributed by atoms with E-state index in [0.29, 0.717) is 42.9 Å². The van der Waals surface area contributed by atoms with Crippen LogP contribution >= 0.6 is 11.6 Å². The maximum atomic E-state index is 12.1. The van der Waals surface area contributed by atoms with Crippen LogP contribution in [-0.2, 0) is 9.53 Å². The van der Waals surface area contributed by atoms with Gasteiger partial charge in [0.15, 0.2) is 11.0 Å². The first-order chi connectivity index (χ1) is 9.67. The summed E-state index contributed by atoms with van der Waals surface area (Å²) in [6.45, 7) is 2.80. The van der Waals surface area contributed by atoms with Gasteiger partial charge < -0.3 is 19.9 Å². The number of methoxy groups -OCH3 is 1. The molecule has 0 spiro atoms. The number of hydrogen-bond acceptors (Lipinski definition) is 6. The Bertz CT molecular complexity index is 485. The topological polar surface area (TPSA) is 70.6 Å². The summed E-state index contributed by atoms with van der Waals surface area (Å²) in [7, 11) is 3.38. The number of aromatic nitrogens is 2. The summed E-state index contributed by atoms with van der Waals surface area (Å²) in [5.74, 6) is 0.720. The van der Waals surface area contributed by atoms with Gasteiger partial charge in [-0.05, 0) is 0 Å². The number of nitrogens with one attached hydrogen (secondary N) is 1. The van der Waals surface area contributed by atoms with Crippen molar-refractivity contribution in [1.82, 2.24) is 14.9 Å². The molecule has 1 N–H and O–H groups in total. The number of carbonyl (C=O) groups excluding carboxylic acids is 1. The van der Waals surface area contributed by atoms with Crippen molar-refractivity contribution in [3.05, 3.63) is 11.5 Å². The molecule has 110 valence electrons. The Morgan fingerprint density at radius 2 is 2.25 bits per heavy atom. The number of rotatable bonds is 5. The van der Waals surface area contributed by atoms with Gasteiger partial charge in [-0.3, -0.25) is 4.79 Å². The van der Waals surface area contributed by atoms with Crippen LogP contribution in [0.15, 0.2) is 6.33 Å². The number of ether oxygens (including phenoxy) is 1. The number of amides is 1. The lowest BCUT2D eigenvalue weighted by Crippen LogP contribution is -2.51. The molecule has 20 heavy (non-hydrogen) atoms. The lowest BCUT2D eigenvalue weighted by molar-refractivity contribution is -0.131. The van der Waals surface area contributed by atoms with Crippen LogP contribution in [0.4, 0.5) is 11.5 Å². The Balaban J connectivity index is 2.10. The number of anilines is 2. The van der Waals surface area contributed by atoms with Gasteiger partial charge in [0.2, 0.25) is 5.91 Å². The monoisotopic (exact) mass is 299 g/mol. The molecular formula is C12H18ClN5O2. The van der Waals surface area contributed by atoms with Gasteiger partial charge in [-0.25, -0.2) is 9.97 Å². The van der Waals surface area contributed by atoms with Crippen molar-refractivity contribution in [3.8, 4) is 0 Å². The molecule has 2 heterocycles. The number of piperazine rings is 1. The molecule has 0 bridgehead atoms. The van der Waals surface area contributed by atoms with Gasteiger partial charge in [-0.15, -0.1) is 0 Å². The van der Waals surface area contributed by atoms with Gasteiger partial charge in [0.1, 0.15) is 12.0 Å². The predicted octanol–water partition coefficient (Wildman–Crippen LogP) is 0.467. The van der Waals surface area contributed by atoms with Crippen LogP contribution in [0.5, 0.6) is 0 Å². The van der Waals surface area contributed by atoms with E-state index in [9.17, 15) is 4.79 Å². The second-order valence-corrected chi connectivity index (χ2v) is 4.77. The van der Waals surface area contributed by atoms with E-state index < -0.39 is 0 Å². The summed E-state index contributed by atoms with van der Waals surface area (Å²) in [6.07, 6.45) is 1.40. The highest BCUT2D eigenvalue weighted by Gasteiger charge is 2.26. The highest BCUT2D eigenvalue weighted by Crippen LogP contribution is 2.29. The normalized spacial score (nSPS) is 15.7. The standard InChI is InChI=1S/C12H18ClN5O2/c1-14-10-11(13)15-8-16-12(10)18-4-3-17(5-6-20-2)9(19)7-18/h8,14H,3-7H2,1-2H3. The fourth-order valence-corrected chi connectivity index (χ4v) is 2.36. The Morgan fingerprint density at radius 3 is 2.90 bits per heavy atom. The molecule has 2 rings (SSSR count). The average molecular weight is 300 g/mol. The lowest BCUT2D eigenvalue weighted by Gasteiger charge is -2.35. The molecule has 1 aromatic rings. The summed E-state index contributed by atoms with van der Waals surface area (Å²) < 4.78 is 5.00. The number of halogens is 1. The zero-order chi connectivity index (χ0) is 14.5. The van der Waals surface area contributed by atoms with Crippen LogP contribution in [-0.4, -0.2) is 67.7 Å². The van der Waals surface area contributed by atoms with Crippen LogP contribution in [0.25, 0.3) is 0 Å². The van der Waals surface area contributed by atoms with E-state index in [1.165, 1.54) is 6.33 Å². The molecule has 0 saturated carbocycles. The van der Waals surface area contributed by atoms with Crippen molar-refractivity contribution >= 4 is 29.0 Å². The molecule has 0 aliphatic carbocycles. The number of carbonyl (C=O) groups is 1. The maximum absolute atomic E-state index is 12.1. The van der Waals surface area contributed by atoms with Crippen LogP contribution in [0, 0.1) is 0 Å². The SMILES string of the molecule is CNc1c(Cl)ncnc1N1CCN(CCOC)C(=O)C1.